The van der Waals surface area contributed by atoms with Gasteiger partial charge in [0.1, 0.15) is 11.6 Å². The average Bonchev–Trinajstić information content (AvgIpc) is 3.18. The number of carbonyl (C=O) groups is 1. The Morgan fingerprint density at radius 2 is 1.57 bits per heavy atom. The number of anilines is 3. The van der Waals surface area contributed by atoms with Crippen molar-refractivity contribution < 1.29 is 18.1 Å². The number of halogens is 2. The Balaban J connectivity index is 1.36. The van der Waals surface area contributed by atoms with E-state index in [0.717, 1.165) is 23.5 Å². The number of rotatable bonds is 6. The molecule has 0 saturated carbocycles. The lowest BCUT2D eigenvalue weighted by Gasteiger charge is -2.08. The van der Waals surface area contributed by atoms with Crippen LogP contribution in [0.2, 0.25) is 0 Å². The van der Waals surface area contributed by atoms with Gasteiger partial charge in [-0.05, 0) is 48.5 Å². The Morgan fingerprint density at radius 3 is 2.30 bits per heavy atom. The molecule has 7 heteroatoms. The first-order chi connectivity index (χ1) is 14.6. The molecule has 150 valence electrons. The van der Waals surface area contributed by atoms with Crippen LogP contribution in [0.1, 0.15) is 5.69 Å². The van der Waals surface area contributed by atoms with Gasteiger partial charge < -0.3 is 15.2 Å². The summed E-state index contributed by atoms with van der Waals surface area (Å²) in [6.07, 6.45) is -0.0453. The molecule has 0 aliphatic carbocycles. The third kappa shape index (κ3) is 4.70. The molecular formula is C23H17F2N3O2. The van der Waals surface area contributed by atoms with Crippen LogP contribution in [0.25, 0.3) is 11.3 Å². The summed E-state index contributed by atoms with van der Waals surface area (Å²) in [5.41, 5.74) is 2.91. The number of hydrogen-bond acceptors (Lipinski definition) is 4. The number of amides is 1. The van der Waals surface area contributed by atoms with Gasteiger partial charge in [-0.25, -0.2) is 8.78 Å². The summed E-state index contributed by atoms with van der Waals surface area (Å²) in [5, 5.41) is 9.83. The molecular weight excluding hydrogens is 388 g/mol. The Morgan fingerprint density at radius 1 is 0.867 bits per heavy atom. The highest BCUT2D eigenvalue weighted by Gasteiger charge is 2.14. The summed E-state index contributed by atoms with van der Waals surface area (Å²) < 4.78 is 32.0. The van der Waals surface area contributed by atoms with Crippen LogP contribution < -0.4 is 10.6 Å². The van der Waals surface area contributed by atoms with Crippen LogP contribution in [-0.2, 0) is 11.2 Å². The normalized spacial score (nSPS) is 10.6. The van der Waals surface area contributed by atoms with E-state index in [9.17, 15) is 13.6 Å². The summed E-state index contributed by atoms with van der Waals surface area (Å²) in [4.78, 5) is 12.3. The quantitative estimate of drug-likeness (QED) is 0.442. The smallest absolute Gasteiger partial charge is 0.230 e. The summed E-state index contributed by atoms with van der Waals surface area (Å²) >= 11 is 0. The zero-order chi connectivity index (χ0) is 20.9. The van der Waals surface area contributed by atoms with Crippen LogP contribution in [0.15, 0.2) is 83.4 Å². The molecule has 5 nitrogen and oxygen atoms in total. The highest BCUT2D eigenvalue weighted by molar-refractivity contribution is 5.92. The Labute approximate surface area is 171 Å². The van der Waals surface area contributed by atoms with Crippen molar-refractivity contribution in [1.29, 1.82) is 0 Å². The van der Waals surface area contributed by atoms with Crippen molar-refractivity contribution in [3.05, 3.63) is 96.2 Å². The summed E-state index contributed by atoms with van der Waals surface area (Å²) in [7, 11) is 0. The predicted octanol–water partition coefficient (Wildman–Crippen LogP) is 5.54. The summed E-state index contributed by atoms with van der Waals surface area (Å²) in [6.45, 7) is 0. The Bertz CT molecular complexity index is 1160. The maximum Gasteiger partial charge on any atom is 0.230 e. The molecule has 0 radical (unpaired) electrons. The van der Waals surface area contributed by atoms with Gasteiger partial charge in [0.25, 0.3) is 0 Å². The highest BCUT2D eigenvalue weighted by atomic mass is 19.1. The summed E-state index contributed by atoms with van der Waals surface area (Å²) in [6, 6.07) is 21.6. The van der Waals surface area contributed by atoms with Gasteiger partial charge in [0.05, 0.1) is 17.7 Å². The molecule has 0 saturated heterocycles. The third-order valence-corrected chi connectivity index (χ3v) is 4.33. The van der Waals surface area contributed by atoms with E-state index in [4.69, 9.17) is 4.52 Å². The molecule has 0 aliphatic heterocycles. The van der Waals surface area contributed by atoms with Crippen molar-refractivity contribution in [2.45, 2.75) is 6.42 Å². The molecule has 3 aromatic carbocycles. The van der Waals surface area contributed by atoms with E-state index in [2.05, 4.69) is 15.8 Å². The SMILES string of the molecule is O=C(Cc1cc(-c2ccc(F)cc2F)on1)Nc1ccc(Nc2ccccc2)cc1. The van der Waals surface area contributed by atoms with Gasteiger partial charge in [-0.3, -0.25) is 4.79 Å². The van der Waals surface area contributed by atoms with Gasteiger partial charge in [0, 0.05) is 29.2 Å². The van der Waals surface area contributed by atoms with Gasteiger partial charge in [-0.1, -0.05) is 23.4 Å². The predicted molar refractivity (Wildman–Crippen MR) is 110 cm³/mol. The van der Waals surface area contributed by atoms with Crippen molar-refractivity contribution >= 4 is 23.0 Å². The second-order valence-corrected chi connectivity index (χ2v) is 6.60. The highest BCUT2D eigenvalue weighted by Crippen LogP contribution is 2.24. The zero-order valence-corrected chi connectivity index (χ0v) is 15.7. The minimum Gasteiger partial charge on any atom is -0.356 e. The van der Waals surface area contributed by atoms with Crippen LogP contribution in [0.5, 0.6) is 0 Å². The topological polar surface area (TPSA) is 67.2 Å². The fourth-order valence-electron chi connectivity index (χ4n) is 2.91. The largest absolute Gasteiger partial charge is 0.356 e. The monoisotopic (exact) mass is 405 g/mol. The fraction of sp³-hybridized carbons (Fsp3) is 0.0435. The fourth-order valence-corrected chi connectivity index (χ4v) is 2.91. The third-order valence-electron chi connectivity index (χ3n) is 4.33. The standard InChI is InChI=1S/C23H17F2N3O2/c24-15-6-11-20(21(25)12-15)22-13-19(28-30-22)14-23(29)27-18-9-7-17(8-10-18)26-16-4-2-1-3-5-16/h1-13,26H,14H2,(H,27,29). The molecule has 30 heavy (non-hydrogen) atoms. The second-order valence-electron chi connectivity index (χ2n) is 6.60. The van der Waals surface area contributed by atoms with Gasteiger partial charge in [-0.15, -0.1) is 0 Å². The van der Waals surface area contributed by atoms with Gasteiger partial charge in [0.2, 0.25) is 5.91 Å². The minimum atomic E-state index is -0.758. The van der Waals surface area contributed by atoms with E-state index < -0.39 is 11.6 Å². The van der Waals surface area contributed by atoms with Crippen LogP contribution in [0.4, 0.5) is 25.8 Å². The molecule has 2 N–H and O–H groups in total. The van der Waals surface area contributed by atoms with Crippen molar-refractivity contribution in [3.63, 3.8) is 0 Å². The van der Waals surface area contributed by atoms with Crippen LogP contribution in [0.3, 0.4) is 0 Å². The second kappa shape index (κ2) is 8.57. The summed E-state index contributed by atoms with van der Waals surface area (Å²) in [5.74, 6) is -1.60. The Hall–Kier alpha value is -4.00. The van der Waals surface area contributed by atoms with Crippen molar-refractivity contribution in [2.24, 2.45) is 0 Å². The van der Waals surface area contributed by atoms with Crippen LogP contribution >= 0.6 is 0 Å². The van der Waals surface area contributed by atoms with E-state index in [-0.39, 0.29) is 23.7 Å². The molecule has 4 aromatic rings. The van der Waals surface area contributed by atoms with E-state index in [1.54, 1.807) is 12.1 Å². The molecule has 1 amide bonds. The van der Waals surface area contributed by atoms with Gasteiger partial charge >= 0.3 is 0 Å². The van der Waals surface area contributed by atoms with E-state index >= 15 is 0 Å². The average molecular weight is 405 g/mol. The molecule has 0 atom stereocenters. The zero-order valence-electron chi connectivity index (χ0n) is 15.7. The minimum absolute atomic E-state index is 0.0453. The number of benzene rings is 3. The number of nitrogens with one attached hydrogen (secondary N) is 2. The lowest BCUT2D eigenvalue weighted by Crippen LogP contribution is -2.14. The first kappa shape index (κ1) is 19.3. The number of para-hydroxylation sites is 1. The lowest BCUT2D eigenvalue weighted by molar-refractivity contribution is -0.115. The van der Waals surface area contributed by atoms with Crippen LogP contribution in [0, 0.1) is 11.6 Å². The number of nitrogens with zero attached hydrogens (tertiary/aromatic N) is 1. The van der Waals surface area contributed by atoms with Gasteiger partial charge in [-0.2, -0.15) is 0 Å². The van der Waals surface area contributed by atoms with E-state index in [1.165, 1.54) is 12.1 Å². The maximum atomic E-state index is 13.9. The maximum absolute atomic E-state index is 13.9. The van der Waals surface area contributed by atoms with Crippen LogP contribution in [-0.4, -0.2) is 11.1 Å². The molecule has 0 fully saturated rings. The number of aromatic nitrogens is 1. The molecule has 0 aliphatic rings. The molecule has 4 rings (SSSR count). The number of carbonyl (C=O) groups excluding carboxylic acids is 1. The van der Waals surface area contributed by atoms with Crippen molar-refractivity contribution in [2.75, 3.05) is 10.6 Å². The lowest BCUT2D eigenvalue weighted by atomic mass is 10.1. The van der Waals surface area contributed by atoms with Gasteiger partial charge in [0.15, 0.2) is 5.76 Å². The molecule has 1 heterocycles. The van der Waals surface area contributed by atoms with Crippen molar-refractivity contribution in [1.82, 2.24) is 5.16 Å². The van der Waals surface area contributed by atoms with E-state index in [1.807, 2.05) is 42.5 Å². The van der Waals surface area contributed by atoms with E-state index in [0.29, 0.717) is 11.4 Å². The van der Waals surface area contributed by atoms with Crippen molar-refractivity contribution in [3.8, 4) is 11.3 Å². The molecule has 0 unspecified atom stereocenters. The molecule has 0 bridgehead atoms. The number of hydrogen-bond donors (Lipinski definition) is 2. The Kier molecular flexibility index (Phi) is 5.52. The first-order valence-corrected chi connectivity index (χ1v) is 9.20. The molecule has 1 aromatic heterocycles. The molecule has 0 spiro atoms. The first-order valence-electron chi connectivity index (χ1n) is 9.20.